The first-order chi connectivity index (χ1) is 17.9. The molecule has 8 heteroatoms. The zero-order valence-corrected chi connectivity index (χ0v) is 22.9. The maximum Gasteiger partial charge on any atom is 0.264 e. The molecule has 37 heavy (non-hydrogen) atoms. The number of pyridine rings is 1. The molecule has 3 aromatic carbocycles. The molecule has 1 aliphatic heterocycles. The van der Waals surface area contributed by atoms with Crippen molar-refractivity contribution in [2.24, 2.45) is 0 Å². The minimum absolute atomic E-state index is 0.134. The van der Waals surface area contributed by atoms with Crippen LogP contribution in [0.3, 0.4) is 0 Å². The van der Waals surface area contributed by atoms with Gasteiger partial charge in [-0.05, 0) is 71.8 Å². The topological polar surface area (TPSA) is 62.7 Å². The molecular weight excluding hydrogens is 550 g/mol. The van der Waals surface area contributed by atoms with E-state index >= 15 is 0 Å². The SMILES string of the molecule is CN(c1ccc(OC2CCN(c3ccncc3)CC2)cc1)S(=O)(=O)c1ccc(-c2ccc(Br)cc2)cc1. The van der Waals surface area contributed by atoms with Gasteiger partial charge in [-0.3, -0.25) is 9.29 Å². The molecule has 0 atom stereocenters. The molecular formula is C29H28BrN3O3S. The highest BCUT2D eigenvalue weighted by molar-refractivity contribution is 9.10. The highest BCUT2D eigenvalue weighted by Gasteiger charge is 2.23. The predicted molar refractivity (Wildman–Crippen MR) is 152 cm³/mol. The van der Waals surface area contributed by atoms with E-state index in [1.807, 2.05) is 73.1 Å². The van der Waals surface area contributed by atoms with E-state index in [1.54, 1.807) is 31.3 Å². The van der Waals surface area contributed by atoms with Gasteiger partial charge in [-0.1, -0.05) is 40.2 Å². The van der Waals surface area contributed by atoms with Crippen LogP contribution in [0, 0.1) is 0 Å². The van der Waals surface area contributed by atoms with Gasteiger partial charge in [0.1, 0.15) is 11.9 Å². The van der Waals surface area contributed by atoms with Crippen LogP contribution in [0.15, 0.2) is 107 Å². The van der Waals surface area contributed by atoms with Gasteiger partial charge in [0.15, 0.2) is 0 Å². The average molecular weight is 579 g/mol. The lowest BCUT2D eigenvalue weighted by Gasteiger charge is -2.33. The van der Waals surface area contributed by atoms with Gasteiger partial charge in [-0.25, -0.2) is 8.42 Å². The monoisotopic (exact) mass is 577 g/mol. The Kier molecular flexibility index (Phi) is 7.48. The molecule has 0 amide bonds. The number of nitrogens with zero attached hydrogens (tertiary/aromatic N) is 3. The lowest BCUT2D eigenvalue weighted by atomic mass is 10.1. The van der Waals surface area contributed by atoms with Crippen molar-refractivity contribution in [3.63, 3.8) is 0 Å². The third-order valence-corrected chi connectivity index (χ3v) is 8.99. The normalized spacial score (nSPS) is 14.4. The number of anilines is 2. The molecule has 0 radical (unpaired) electrons. The smallest absolute Gasteiger partial charge is 0.264 e. The minimum Gasteiger partial charge on any atom is -0.490 e. The fourth-order valence-corrected chi connectivity index (χ4v) is 5.93. The summed E-state index contributed by atoms with van der Waals surface area (Å²) in [5.74, 6) is 0.746. The van der Waals surface area contributed by atoms with Crippen molar-refractivity contribution in [3.8, 4) is 16.9 Å². The predicted octanol–water partition coefficient (Wildman–Crippen LogP) is 6.38. The van der Waals surface area contributed by atoms with Crippen molar-refractivity contribution in [1.82, 2.24) is 4.98 Å². The maximum absolute atomic E-state index is 13.3. The Labute approximate surface area is 226 Å². The van der Waals surface area contributed by atoms with Gasteiger partial charge in [0.2, 0.25) is 0 Å². The van der Waals surface area contributed by atoms with E-state index in [-0.39, 0.29) is 11.0 Å². The molecule has 0 unspecified atom stereocenters. The third kappa shape index (κ3) is 5.81. The van der Waals surface area contributed by atoms with E-state index in [0.717, 1.165) is 47.3 Å². The van der Waals surface area contributed by atoms with Crippen LogP contribution in [0.4, 0.5) is 11.4 Å². The molecule has 1 fully saturated rings. The van der Waals surface area contributed by atoms with E-state index in [2.05, 4.69) is 25.8 Å². The van der Waals surface area contributed by atoms with Crippen LogP contribution < -0.4 is 13.9 Å². The van der Waals surface area contributed by atoms with E-state index in [1.165, 1.54) is 9.99 Å². The van der Waals surface area contributed by atoms with Crippen LogP contribution in [0.1, 0.15) is 12.8 Å². The number of ether oxygens (including phenoxy) is 1. The van der Waals surface area contributed by atoms with E-state index < -0.39 is 10.0 Å². The van der Waals surface area contributed by atoms with Crippen molar-refractivity contribution in [3.05, 3.63) is 102 Å². The largest absolute Gasteiger partial charge is 0.490 e. The number of hydrogen-bond donors (Lipinski definition) is 0. The summed E-state index contributed by atoms with van der Waals surface area (Å²) >= 11 is 3.44. The number of piperidine rings is 1. The highest BCUT2D eigenvalue weighted by atomic mass is 79.9. The summed E-state index contributed by atoms with van der Waals surface area (Å²) in [6, 6.07) is 26.2. The molecule has 0 N–H and O–H groups in total. The molecule has 0 spiro atoms. The van der Waals surface area contributed by atoms with Crippen molar-refractivity contribution in [1.29, 1.82) is 0 Å². The van der Waals surface area contributed by atoms with Gasteiger partial charge < -0.3 is 9.64 Å². The third-order valence-electron chi connectivity index (χ3n) is 6.66. The average Bonchev–Trinajstić information content (AvgIpc) is 2.94. The summed E-state index contributed by atoms with van der Waals surface area (Å²) in [4.78, 5) is 6.68. The molecule has 4 aromatic rings. The standard InChI is InChI=1S/C29H28BrN3O3S/c1-32(37(34,35)29-12-4-23(5-13-29)22-2-6-24(30)7-3-22)25-8-10-27(11-9-25)36-28-16-20-33(21-17-28)26-14-18-31-19-15-26/h2-15,18-19,28H,16-17,20-21H2,1H3. The fraction of sp³-hybridized carbons (Fsp3) is 0.207. The number of sulfonamides is 1. The zero-order valence-electron chi connectivity index (χ0n) is 20.5. The van der Waals surface area contributed by atoms with Crippen LogP contribution in [0.2, 0.25) is 0 Å². The lowest BCUT2D eigenvalue weighted by Crippen LogP contribution is -2.38. The lowest BCUT2D eigenvalue weighted by molar-refractivity contribution is 0.171. The molecule has 2 heterocycles. The first kappa shape index (κ1) is 25.3. The molecule has 0 bridgehead atoms. The zero-order chi connectivity index (χ0) is 25.8. The van der Waals surface area contributed by atoms with Gasteiger partial charge in [-0.15, -0.1) is 0 Å². The second-order valence-corrected chi connectivity index (χ2v) is 11.9. The Hall–Kier alpha value is -3.36. The molecule has 190 valence electrons. The number of hydrogen-bond acceptors (Lipinski definition) is 5. The van der Waals surface area contributed by atoms with Gasteiger partial charge in [0, 0.05) is 55.5 Å². The first-order valence-electron chi connectivity index (χ1n) is 12.2. The molecule has 6 nitrogen and oxygen atoms in total. The summed E-state index contributed by atoms with van der Waals surface area (Å²) < 4.78 is 35.0. The van der Waals surface area contributed by atoms with Crippen molar-refractivity contribution in [2.45, 2.75) is 23.8 Å². The fourth-order valence-electron chi connectivity index (χ4n) is 4.47. The number of benzene rings is 3. The Bertz CT molecular complexity index is 1420. The number of aromatic nitrogens is 1. The van der Waals surface area contributed by atoms with Gasteiger partial charge in [0.25, 0.3) is 10.0 Å². The molecule has 0 saturated carbocycles. The van der Waals surface area contributed by atoms with E-state index in [4.69, 9.17) is 4.74 Å². The van der Waals surface area contributed by atoms with E-state index in [9.17, 15) is 8.42 Å². The first-order valence-corrected chi connectivity index (χ1v) is 14.4. The second-order valence-electron chi connectivity index (χ2n) is 9.01. The number of rotatable bonds is 7. The van der Waals surface area contributed by atoms with Crippen LogP contribution in [-0.2, 0) is 10.0 Å². The summed E-state index contributed by atoms with van der Waals surface area (Å²) in [5.41, 5.74) is 3.75. The molecule has 0 aliphatic carbocycles. The Morgan fingerprint density at radius 3 is 2.00 bits per heavy atom. The molecule has 1 saturated heterocycles. The van der Waals surface area contributed by atoms with Crippen LogP contribution in [0.5, 0.6) is 5.75 Å². The van der Waals surface area contributed by atoms with Crippen molar-refractivity contribution < 1.29 is 13.2 Å². The molecule has 1 aliphatic rings. The summed E-state index contributed by atoms with van der Waals surface area (Å²) in [5, 5.41) is 0. The van der Waals surface area contributed by atoms with Crippen LogP contribution in [-0.4, -0.2) is 39.6 Å². The summed E-state index contributed by atoms with van der Waals surface area (Å²) in [6.07, 6.45) is 5.61. The minimum atomic E-state index is -3.70. The highest BCUT2D eigenvalue weighted by Crippen LogP contribution is 2.28. The van der Waals surface area contributed by atoms with Crippen molar-refractivity contribution in [2.75, 3.05) is 29.3 Å². The van der Waals surface area contributed by atoms with E-state index in [0.29, 0.717) is 5.69 Å². The molecule has 5 rings (SSSR count). The van der Waals surface area contributed by atoms with Crippen LogP contribution in [0.25, 0.3) is 11.1 Å². The Balaban J connectivity index is 1.21. The molecule has 1 aromatic heterocycles. The van der Waals surface area contributed by atoms with Gasteiger partial charge in [-0.2, -0.15) is 0 Å². The second kappa shape index (κ2) is 10.9. The van der Waals surface area contributed by atoms with Gasteiger partial charge >= 0.3 is 0 Å². The van der Waals surface area contributed by atoms with Crippen molar-refractivity contribution >= 4 is 37.3 Å². The summed E-state index contributed by atoms with van der Waals surface area (Å²) in [7, 11) is -2.12. The van der Waals surface area contributed by atoms with Gasteiger partial charge in [0.05, 0.1) is 10.6 Å². The Morgan fingerprint density at radius 1 is 0.838 bits per heavy atom. The van der Waals surface area contributed by atoms with Crippen LogP contribution >= 0.6 is 15.9 Å². The number of halogens is 1. The maximum atomic E-state index is 13.3. The quantitative estimate of drug-likeness (QED) is 0.255. The summed E-state index contributed by atoms with van der Waals surface area (Å²) in [6.45, 7) is 1.85. The Morgan fingerprint density at radius 2 is 1.41 bits per heavy atom.